The minimum atomic E-state index is -2.74. The second-order valence-electron chi connectivity index (χ2n) is 12.9. The van der Waals surface area contributed by atoms with E-state index in [1.807, 2.05) is 0 Å². The summed E-state index contributed by atoms with van der Waals surface area (Å²) in [6.07, 6.45) is 19.4. The molecule has 1 rings (SSSR count). The number of hydrogen-bond donors (Lipinski definition) is 1. The summed E-state index contributed by atoms with van der Waals surface area (Å²) in [7, 11) is 0. The Bertz CT molecular complexity index is 642. The van der Waals surface area contributed by atoms with Crippen molar-refractivity contribution in [1.82, 2.24) is 0 Å². The van der Waals surface area contributed by atoms with E-state index < -0.39 is 36.8 Å². The zero-order chi connectivity index (χ0) is 29.0. The number of aliphatic hydroxyl groups excluding tert-OH is 1. The van der Waals surface area contributed by atoms with Crippen molar-refractivity contribution in [2.45, 2.75) is 160 Å². The zero-order valence-corrected chi connectivity index (χ0v) is 33.0. The van der Waals surface area contributed by atoms with Gasteiger partial charge in [0.2, 0.25) is 0 Å². The van der Waals surface area contributed by atoms with Crippen molar-refractivity contribution in [2.75, 3.05) is 0 Å². The number of rotatable bonds is 25. The average molecular weight is 754 g/mol. The minimum absolute atomic E-state index is 0.337. The summed E-state index contributed by atoms with van der Waals surface area (Å²) in [4.78, 5) is 0. The summed E-state index contributed by atoms with van der Waals surface area (Å²) in [6.45, 7) is 18.9. The van der Waals surface area contributed by atoms with Crippen molar-refractivity contribution in [2.24, 2.45) is 5.92 Å². The fraction of sp³-hybridized carbons (Fsp3) is 0.778. The summed E-state index contributed by atoms with van der Waals surface area (Å²) >= 11 is -5.47. The van der Waals surface area contributed by atoms with Crippen LogP contribution in [0.4, 0.5) is 0 Å². The van der Waals surface area contributed by atoms with Crippen LogP contribution < -0.4 is 0 Å². The number of hydrogen-bond acceptors (Lipinski definition) is 1. The van der Waals surface area contributed by atoms with E-state index in [0.717, 1.165) is 13.9 Å². The van der Waals surface area contributed by atoms with Crippen LogP contribution in [-0.4, -0.2) is 41.9 Å². The molecule has 0 amide bonds. The maximum atomic E-state index is 12.4. The first-order valence-corrected chi connectivity index (χ1v) is 32.7. The van der Waals surface area contributed by atoms with Crippen LogP contribution >= 0.6 is 0 Å². The molecule has 0 aliphatic carbocycles. The number of allylic oxidation sites excluding steroid dienone is 1. The van der Waals surface area contributed by atoms with Crippen LogP contribution in [0.25, 0.3) is 0 Å². The number of benzene rings is 1. The molecule has 0 saturated carbocycles. The monoisotopic (exact) mass is 756 g/mol. The van der Waals surface area contributed by atoms with Gasteiger partial charge in [-0.25, -0.2) is 0 Å². The molecule has 0 spiro atoms. The van der Waals surface area contributed by atoms with E-state index in [2.05, 4.69) is 84.5 Å². The first kappa shape index (κ1) is 37.5. The van der Waals surface area contributed by atoms with Crippen LogP contribution in [0.1, 0.15) is 137 Å². The molecule has 1 nitrogen and oxygen atoms in total. The first-order chi connectivity index (χ1) is 19.0. The van der Waals surface area contributed by atoms with Gasteiger partial charge in [-0.3, -0.25) is 0 Å². The molecule has 1 N–H and O–H groups in total. The van der Waals surface area contributed by atoms with Crippen LogP contribution in [0.3, 0.4) is 0 Å². The van der Waals surface area contributed by atoms with Crippen molar-refractivity contribution < 1.29 is 5.11 Å². The van der Waals surface area contributed by atoms with Crippen LogP contribution in [0, 0.1) is 5.92 Å². The van der Waals surface area contributed by atoms with E-state index in [1.165, 1.54) is 77.0 Å². The standard InChI is InChI=1S/C12H14O.6C4H9.2Sn/c1-3-7-10(2)12(13)11-8-5-4-6-9-11;6*1-3-4-2;;/h2-6,8-10,12-13H,1,7H2;6*1,3-4H2,2H3;;/t10-,12-;;;;;;;;/m0......../s1. The van der Waals surface area contributed by atoms with Crippen LogP contribution in [0.5, 0.6) is 0 Å². The predicted molar refractivity (Wildman–Crippen MR) is 183 cm³/mol. The van der Waals surface area contributed by atoms with Gasteiger partial charge in [-0.1, -0.05) is 0 Å². The fourth-order valence-electron chi connectivity index (χ4n) is 7.95. The van der Waals surface area contributed by atoms with Gasteiger partial charge in [-0.2, -0.15) is 0 Å². The van der Waals surface area contributed by atoms with Gasteiger partial charge >= 0.3 is 256 Å². The summed E-state index contributed by atoms with van der Waals surface area (Å²) < 4.78 is 10.4. The third kappa shape index (κ3) is 12.0. The summed E-state index contributed by atoms with van der Waals surface area (Å²) in [6, 6.07) is 10.8. The Morgan fingerprint density at radius 1 is 0.615 bits per heavy atom. The molecule has 0 bridgehead atoms. The van der Waals surface area contributed by atoms with Crippen molar-refractivity contribution in [3.8, 4) is 0 Å². The Labute approximate surface area is 254 Å². The van der Waals surface area contributed by atoms with Gasteiger partial charge in [-0.15, -0.1) is 0 Å². The number of unbranched alkanes of at least 4 members (excludes halogenated alkanes) is 6. The van der Waals surface area contributed by atoms with Crippen molar-refractivity contribution in [3.05, 3.63) is 48.6 Å². The molecule has 0 fully saturated rings. The molecule has 0 heterocycles. The van der Waals surface area contributed by atoms with E-state index >= 15 is 0 Å². The van der Waals surface area contributed by atoms with Gasteiger partial charge < -0.3 is 0 Å². The second-order valence-corrected chi connectivity index (χ2v) is 45.2. The second kappa shape index (κ2) is 22.1. The van der Waals surface area contributed by atoms with E-state index in [9.17, 15) is 5.11 Å². The first-order valence-electron chi connectivity index (χ1n) is 17.3. The Morgan fingerprint density at radius 2 is 0.949 bits per heavy atom. The SMILES string of the molecule is C=CC[C@H]([CH]([Sn]([CH2]CCC)([CH2]CCC)[CH2]CCC)[Sn]([CH2]CCC)([CH2]CCC)[CH2]CCC)[C@H](O)c1ccccc1. The molecule has 0 aromatic heterocycles. The molecule has 0 unspecified atom stereocenters. The van der Waals surface area contributed by atoms with Gasteiger partial charge in [0.25, 0.3) is 0 Å². The average Bonchev–Trinajstić information content (AvgIpc) is 2.97. The molecule has 3 heteroatoms. The van der Waals surface area contributed by atoms with Crippen molar-refractivity contribution >= 4 is 36.8 Å². The van der Waals surface area contributed by atoms with Crippen LogP contribution in [0.15, 0.2) is 43.0 Å². The molecular formula is C36H68OSn2. The quantitative estimate of drug-likeness (QED) is 0.0779. The van der Waals surface area contributed by atoms with E-state index in [1.54, 1.807) is 26.6 Å². The zero-order valence-electron chi connectivity index (χ0n) is 27.3. The molecule has 0 aliphatic heterocycles. The Morgan fingerprint density at radius 3 is 1.23 bits per heavy atom. The van der Waals surface area contributed by atoms with Gasteiger partial charge in [0.05, 0.1) is 0 Å². The summed E-state index contributed by atoms with van der Waals surface area (Å²) in [5.41, 5.74) is 1.16. The fourth-order valence-corrected chi connectivity index (χ4v) is 87.8. The molecule has 0 saturated heterocycles. The van der Waals surface area contributed by atoms with Crippen LogP contribution in [0.2, 0.25) is 28.6 Å². The molecule has 39 heavy (non-hydrogen) atoms. The van der Waals surface area contributed by atoms with Gasteiger partial charge in [0.1, 0.15) is 0 Å². The van der Waals surface area contributed by atoms with E-state index in [4.69, 9.17) is 0 Å². The Balaban J connectivity index is 4.04. The molecular weight excluding hydrogens is 686 g/mol. The van der Waals surface area contributed by atoms with Gasteiger partial charge in [0.15, 0.2) is 0 Å². The third-order valence-electron chi connectivity index (χ3n) is 9.90. The van der Waals surface area contributed by atoms with E-state index in [-0.39, 0.29) is 6.10 Å². The maximum absolute atomic E-state index is 12.4. The number of aliphatic hydroxyl groups is 1. The molecule has 226 valence electrons. The topological polar surface area (TPSA) is 20.2 Å². The van der Waals surface area contributed by atoms with Crippen molar-refractivity contribution in [3.63, 3.8) is 0 Å². The molecule has 2 atom stereocenters. The van der Waals surface area contributed by atoms with E-state index in [0.29, 0.717) is 5.92 Å². The summed E-state index contributed by atoms with van der Waals surface area (Å²) in [5, 5.41) is 12.4. The molecule has 0 radical (unpaired) electrons. The predicted octanol–water partition coefficient (Wildman–Crippen LogP) is 12.5. The molecule has 1 aromatic rings. The third-order valence-corrected chi connectivity index (χ3v) is 66.4. The molecule has 0 aliphatic rings. The molecule has 1 aromatic carbocycles. The van der Waals surface area contributed by atoms with Crippen molar-refractivity contribution in [1.29, 1.82) is 0 Å². The Hall–Kier alpha value is 0.517. The normalized spacial score (nSPS) is 14.1. The van der Waals surface area contributed by atoms with Crippen LogP contribution in [-0.2, 0) is 0 Å². The Kier molecular flexibility index (Phi) is 21.3. The van der Waals surface area contributed by atoms with Gasteiger partial charge in [0, 0.05) is 0 Å². The van der Waals surface area contributed by atoms with Gasteiger partial charge in [-0.05, 0) is 0 Å². The summed E-state index contributed by atoms with van der Waals surface area (Å²) in [5.74, 6) is 0.396.